The summed E-state index contributed by atoms with van der Waals surface area (Å²) in [4.78, 5) is 0. The Balaban J connectivity index is 2.23. The van der Waals surface area contributed by atoms with E-state index >= 15 is 0 Å². The minimum Gasteiger partial charge on any atom is -0.491 e. The van der Waals surface area contributed by atoms with E-state index in [1.807, 2.05) is 24.3 Å². The molecule has 0 aliphatic heterocycles. The third kappa shape index (κ3) is 5.30. The van der Waals surface area contributed by atoms with Crippen molar-refractivity contribution in [2.24, 2.45) is 0 Å². The van der Waals surface area contributed by atoms with Gasteiger partial charge in [0.05, 0.1) is 13.2 Å². The van der Waals surface area contributed by atoms with Crippen molar-refractivity contribution in [3.05, 3.63) is 41.4 Å². The molecule has 0 bridgehead atoms. The third-order valence-electron chi connectivity index (χ3n) is 1.80. The molecule has 16 heavy (non-hydrogen) atoms. The molecule has 0 radical (unpaired) electrons. The average molecular weight is 287 g/mol. The Hall–Kier alpha value is -0.840. The molecule has 1 aromatic carbocycles. The van der Waals surface area contributed by atoms with Crippen molar-refractivity contribution in [2.75, 3.05) is 19.8 Å². The number of ether oxygens (including phenoxy) is 2. The van der Waals surface area contributed by atoms with Crippen LogP contribution in [0.5, 0.6) is 5.75 Å². The molecule has 1 atom stereocenters. The fraction of sp³-hybridized carbons (Fsp3) is 0.333. The summed E-state index contributed by atoms with van der Waals surface area (Å²) in [5.74, 6) is 0.728. The van der Waals surface area contributed by atoms with Crippen LogP contribution in [0.25, 0.3) is 0 Å². The van der Waals surface area contributed by atoms with Gasteiger partial charge in [0.2, 0.25) is 0 Å². The number of hydrogen-bond acceptors (Lipinski definition) is 3. The van der Waals surface area contributed by atoms with Gasteiger partial charge in [0.25, 0.3) is 0 Å². The molecule has 1 unspecified atom stereocenters. The summed E-state index contributed by atoms with van der Waals surface area (Å²) in [6.07, 6.45) is 1.02. The molecule has 0 amide bonds. The Morgan fingerprint density at radius 2 is 2.00 bits per heavy atom. The van der Waals surface area contributed by atoms with Crippen LogP contribution in [-0.2, 0) is 4.74 Å². The molecular weight excluding hydrogens is 272 g/mol. The van der Waals surface area contributed by atoms with E-state index in [9.17, 15) is 5.11 Å². The number of halogens is 1. The predicted octanol–water partition coefficient (Wildman–Crippen LogP) is 2.39. The maximum Gasteiger partial charge on any atom is 0.119 e. The van der Waals surface area contributed by atoms with Crippen LogP contribution in [0.3, 0.4) is 0 Å². The molecule has 4 heteroatoms. The van der Waals surface area contributed by atoms with E-state index < -0.39 is 6.10 Å². The van der Waals surface area contributed by atoms with Gasteiger partial charge in [0, 0.05) is 4.47 Å². The standard InChI is InChI=1S/C12H15BrO3/c1-2-7-15-8-11(14)9-16-12-5-3-10(13)4-6-12/h2-6,11,14H,1,7-9H2. The van der Waals surface area contributed by atoms with Crippen molar-refractivity contribution in [3.63, 3.8) is 0 Å². The van der Waals surface area contributed by atoms with Gasteiger partial charge < -0.3 is 14.6 Å². The second-order valence-corrected chi connectivity index (χ2v) is 4.16. The van der Waals surface area contributed by atoms with Gasteiger partial charge in [0.1, 0.15) is 18.5 Å². The summed E-state index contributed by atoms with van der Waals surface area (Å²) in [6, 6.07) is 7.44. The summed E-state index contributed by atoms with van der Waals surface area (Å²) in [7, 11) is 0. The summed E-state index contributed by atoms with van der Waals surface area (Å²) in [5, 5.41) is 9.50. The Bertz CT molecular complexity index is 311. The first-order valence-corrected chi connectivity index (χ1v) is 5.76. The lowest BCUT2D eigenvalue weighted by Crippen LogP contribution is -2.23. The maximum absolute atomic E-state index is 9.50. The Morgan fingerprint density at radius 1 is 1.31 bits per heavy atom. The van der Waals surface area contributed by atoms with Gasteiger partial charge in [-0.25, -0.2) is 0 Å². The Kier molecular flexibility index (Phi) is 6.15. The molecule has 88 valence electrons. The van der Waals surface area contributed by atoms with Crippen LogP contribution in [0.4, 0.5) is 0 Å². The van der Waals surface area contributed by atoms with E-state index in [0.29, 0.717) is 6.61 Å². The first-order chi connectivity index (χ1) is 7.72. The van der Waals surface area contributed by atoms with Crippen molar-refractivity contribution >= 4 is 15.9 Å². The van der Waals surface area contributed by atoms with Crippen LogP contribution in [0.2, 0.25) is 0 Å². The SMILES string of the molecule is C=CCOCC(O)COc1ccc(Br)cc1. The van der Waals surface area contributed by atoms with E-state index in [2.05, 4.69) is 22.5 Å². The summed E-state index contributed by atoms with van der Waals surface area (Å²) in [5.41, 5.74) is 0. The van der Waals surface area contributed by atoms with Crippen LogP contribution in [0.15, 0.2) is 41.4 Å². The number of benzene rings is 1. The number of aliphatic hydroxyl groups is 1. The molecule has 0 spiro atoms. The first kappa shape index (κ1) is 13.2. The lowest BCUT2D eigenvalue weighted by atomic mass is 10.3. The van der Waals surface area contributed by atoms with E-state index in [1.165, 1.54) is 0 Å². The lowest BCUT2D eigenvalue weighted by Gasteiger charge is -2.12. The maximum atomic E-state index is 9.50. The van der Waals surface area contributed by atoms with Gasteiger partial charge in [-0.3, -0.25) is 0 Å². The van der Waals surface area contributed by atoms with Crippen LogP contribution in [0.1, 0.15) is 0 Å². The molecule has 0 heterocycles. The van der Waals surface area contributed by atoms with Crippen molar-refractivity contribution in [3.8, 4) is 5.75 Å². The fourth-order valence-electron chi connectivity index (χ4n) is 1.06. The highest BCUT2D eigenvalue weighted by molar-refractivity contribution is 9.10. The van der Waals surface area contributed by atoms with Crippen LogP contribution >= 0.6 is 15.9 Å². The molecule has 0 fully saturated rings. The molecule has 3 nitrogen and oxygen atoms in total. The molecular formula is C12H15BrO3. The zero-order chi connectivity index (χ0) is 11.8. The number of aliphatic hydroxyl groups excluding tert-OH is 1. The smallest absolute Gasteiger partial charge is 0.119 e. The van der Waals surface area contributed by atoms with E-state index in [-0.39, 0.29) is 13.2 Å². The van der Waals surface area contributed by atoms with Gasteiger partial charge in [0.15, 0.2) is 0 Å². The van der Waals surface area contributed by atoms with Gasteiger partial charge in [-0.15, -0.1) is 6.58 Å². The Morgan fingerprint density at radius 3 is 2.62 bits per heavy atom. The van der Waals surface area contributed by atoms with E-state index in [0.717, 1.165) is 10.2 Å². The van der Waals surface area contributed by atoms with Gasteiger partial charge in [-0.05, 0) is 24.3 Å². The summed E-state index contributed by atoms with van der Waals surface area (Å²) in [6.45, 7) is 4.43. The first-order valence-electron chi connectivity index (χ1n) is 4.97. The molecule has 0 aliphatic carbocycles. The Labute approximate surface area is 104 Å². The van der Waals surface area contributed by atoms with Crippen molar-refractivity contribution in [1.82, 2.24) is 0 Å². The number of rotatable bonds is 7. The summed E-state index contributed by atoms with van der Waals surface area (Å²) >= 11 is 3.33. The highest BCUT2D eigenvalue weighted by Crippen LogP contribution is 2.16. The topological polar surface area (TPSA) is 38.7 Å². The lowest BCUT2D eigenvalue weighted by molar-refractivity contribution is 0.0214. The quantitative estimate of drug-likeness (QED) is 0.618. The largest absolute Gasteiger partial charge is 0.491 e. The van der Waals surface area contributed by atoms with Gasteiger partial charge >= 0.3 is 0 Å². The van der Waals surface area contributed by atoms with Crippen molar-refractivity contribution in [1.29, 1.82) is 0 Å². The zero-order valence-electron chi connectivity index (χ0n) is 8.93. The fourth-order valence-corrected chi connectivity index (χ4v) is 1.32. The molecule has 1 rings (SSSR count). The predicted molar refractivity (Wildman–Crippen MR) is 66.7 cm³/mol. The minimum absolute atomic E-state index is 0.221. The van der Waals surface area contributed by atoms with Crippen LogP contribution in [-0.4, -0.2) is 31.0 Å². The van der Waals surface area contributed by atoms with E-state index in [1.54, 1.807) is 6.08 Å². The van der Waals surface area contributed by atoms with Crippen molar-refractivity contribution < 1.29 is 14.6 Å². The third-order valence-corrected chi connectivity index (χ3v) is 2.33. The molecule has 0 saturated carbocycles. The second-order valence-electron chi connectivity index (χ2n) is 3.24. The van der Waals surface area contributed by atoms with Gasteiger partial charge in [-0.2, -0.15) is 0 Å². The highest BCUT2D eigenvalue weighted by atomic mass is 79.9. The number of hydrogen-bond donors (Lipinski definition) is 1. The second kappa shape index (κ2) is 7.44. The van der Waals surface area contributed by atoms with Crippen LogP contribution < -0.4 is 4.74 Å². The van der Waals surface area contributed by atoms with Crippen LogP contribution in [0, 0.1) is 0 Å². The van der Waals surface area contributed by atoms with Crippen molar-refractivity contribution in [2.45, 2.75) is 6.10 Å². The molecule has 1 N–H and O–H groups in total. The minimum atomic E-state index is -0.622. The summed E-state index contributed by atoms with van der Waals surface area (Å²) < 4.78 is 11.5. The van der Waals surface area contributed by atoms with E-state index in [4.69, 9.17) is 9.47 Å². The monoisotopic (exact) mass is 286 g/mol. The molecule has 0 saturated heterocycles. The molecule has 1 aromatic rings. The highest BCUT2D eigenvalue weighted by Gasteiger charge is 2.04. The molecule has 0 aliphatic rings. The zero-order valence-corrected chi connectivity index (χ0v) is 10.5. The normalized spacial score (nSPS) is 12.1. The average Bonchev–Trinajstić information content (AvgIpc) is 2.29. The van der Waals surface area contributed by atoms with Gasteiger partial charge in [-0.1, -0.05) is 22.0 Å². The molecule has 0 aromatic heterocycles.